The quantitative estimate of drug-likeness (QED) is 0.413. The molecule has 5 rings (SSSR count). The van der Waals surface area contributed by atoms with Crippen LogP contribution in [0, 0.1) is 13.8 Å². The van der Waals surface area contributed by atoms with Gasteiger partial charge in [-0.1, -0.05) is 35.5 Å². The van der Waals surface area contributed by atoms with Crippen LogP contribution < -0.4 is 16.2 Å². The predicted molar refractivity (Wildman–Crippen MR) is 136 cm³/mol. The van der Waals surface area contributed by atoms with Gasteiger partial charge in [-0.05, 0) is 43.7 Å². The predicted octanol–water partition coefficient (Wildman–Crippen LogP) is 3.83. The first-order valence-corrected chi connectivity index (χ1v) is 12.2. The molecular weight excluding hydrogens is 464 g/mol. The molecule has 0 saturated heterocycles. The van der Waals surface area contributed by atoms with E-state index < -0.39 is 0 Å². The molecule has 2 amide bonds. The van der Waals surface area contributed by atoms with E-state index in [1.165, 1.54) is 18.7 Å². The lowest BCUT2D eigenvalue weighted by Crippen LogP contribution is -2.27. The van der Waals surface area contributed by atoms with Crippen molar-refractivity contribution in [2.24, 2.45) is 0 Å². The van der Waals surface area contributed by atoms with Crippen LogP contribution in [0.25, 0.3) is 16.7 Å². The van der Waals surface area contributed by atoms with Crippen LogP contribution in [0.15, 0.2) is 58.6 Å². The molecule has 0 bridgehead atoms. The van der Waals surface area contributed by atoms with Crippen molar-refractivity contribution in [1.29, 1.82) is 0 Å². The molecule has 4 aromatic rings. The molecule has 35 heavy (non-hydrogen) atoms. The first-order chi connectivity index (χ1) is 16.8. The summed E-state index contributed by atoms with van der Waals surface area (Å²) in [5.41, 5.74) is 4.56. The molecule has 1 unspecified atom stereocenters. The number of hydrogen-bond acceptors (Lipinski definition) is 6. The second kappa shape index (κ2) is 9.03. The van der Waals surface area contributed by atoms with Crippen molar-refractivity contribution >= 4 is 46.0 Å². The Hall–Kier alpha value is -3.92. The van der Waals surface area contributed by atoms with Crippen LogP contribution >= 0.6 is 11.8 Å². The number of aromatic nitrogens is 4. The van der Waals surface area contributed by atoms with E-state index in [0.717, 1.165) is 16.8 Å². The number of carbonyl (C=O) groups excluding carboxylic acids is 2. The molecule has 0 aliphatic carbocycles. The van der Waals surface area contributed by atoms with Gasteiger partial charge in [0, 0.05) is 30.5 Å². The van der Waals surface area contributed by atoms with Crippen LogP contribution in [0.5, 0.6) is 0 Å². The first-order valence-electron chi connectivity index (χ1n) is 11.2. The molecule has 9 nitrogen and oxygen atoms in total. The van der Waals surface area contributed by atoms with E-state index >= 15 is 0 Å². The number of amides is 2. The first kappa shape index (κ1) is 22.9. The zero-order chi connectivity index (χ0) is 24.7. The Morgan fingerprint density at radius 2 is 1.89 bits per heavy atom. The van der Waals surface area contributed by atoms with Gasteiger partial charge in [-0.3, -0.25) is 19.0 Å². The fourth-order valence-electron chi connectivity index (χ4n) is 4.30. The normalized spacial score (nSPS) is 14.7. The molecule has 10 heteroatoms. The van der Waals surface area contributed by atoms with Gasteiger partial charge in [0.1, 0.15) is 5.39 Å². The Bertz CT molecular complexity index is 1540. The Morgan fingerprint density at radius 3 is 2.63 bits per heavy atom. The van der Waals surface area contributed by atoms with Crippen molar-refractivity contribution in [1.82, 2.24) is 19.3 Å². The summed E-state index contributed by atoms with van der Waals surface area (Å²) in [6.07, 6.45) is 1.67. The van der Waals surface area contributed by atoms with Gasteiger partial charge < -0.3 is 10.6 Å². The lowest BCUT2D eigenvalue weighted by Gasteiger charge is -2.14. The second-order valence-electron chi connectivity index (χ2n) is 8.63. The Morgan fingerprint density at radius 1 is 1.11 bits per heavy atom. The van der Waals surface area contributed by atoms with Gasteiger partial charge >= 0.3 is 0 Å². The Labute approximate surface area is 205 Å². The maximum Gasteiger partial charge on any atom is 0.265 e. The van der Waals surface area contributed by atoms with E-state index in [1.807, 2.05) is 26.0 Å². The smallest absolute Gasteiger partial charge is 0.265 e. The molecule has 3 heterocycles. The van der Waals surface area contributed by atoms with E-state index in [0.29, 0.717) is 33.3 Å². The van der Waals surface area contributed by atoms with E-state index in [4.69, 9.17) is 4.98 Å². The summed E-state index contributed by atoms with van der Waals surface area (Å²) in [4.78, 5) is 42.2. The lowest BCUT2D eigenvalue weighted by molar-refractivity contribution is -0.117. The number of nitrogens with zero attached hydrogens (tertiary/aromatic N) is 4. The van der Waals surface area contributed by atoms with Crippen LogP contribution in [-0.2, 0) is 9.59 Å². The number of benzene rings is 2. The highest BCUT2D eigenvalue weighted by molar-refractivity contribution is 7.99. The summed E-state index contributed by atoms with van der Waals surface area (Å²) >= 11 is 1.46. The number of thioether (sulfide) groups is 1. The third-order valence-corrected chi connectivity index (χ3v) is 6.94. The molecule has 2 aromatic heterocycles. The largest absolute Gasteiger partial charge is 0.326 e. The zero-order valence-electron chi connectivity index (χ0n) is 19.5. The molecular formula is C25H24N6O3S. The van der Waals surface area contributed by atoms with Crippen molar-refractivity contribution in [3.63, 3.8) is 0 Å². The van der Waals surface area contributed by atoms with Crippen molar-refractivity contribution < 1.29 is 9.59 Å². The zero-order valence-corrected chi connectivity index (χ0v) is 20.3. The number of carbonyl (C=O) groups is 2. The fraction of sp³-hybridized carbons (Fsp3) is 0.240. The number of nitrogens with one attached hydrogen (secondary N) is 2. The molecule has 0 fully saturated rings. The van der Waals surface area contributed by atoms with Gasteiger partial charge in [0.25, 0.3) is 5.56 Å². The third kappa shape index (κ3) is 4.44. The van der Waals surface area contributed by atoms with Gasteiger partial charge in [-0.25, -0.2) is 9.67 Å². The maximum atomic E-state index is 13.4. The van der Waals surface area contributed by atoms with Crippen molar-refractivity contribution in [3.8, 4) is 5.69 Å². The summed E-state index contributed by atoms with van der Waals surface area (Å²) in [5.74, 6) is 0.166. The topological polar surface area (TPSA) is 111 Å². The summed E-state index contributed by atoms with van der Waals surface area (Å²) < 4.78 is 3.31. The van der Waals surface area contributed by atoms with Gasteiger partial charge in [-0.15, -0.1) is 0 Å². The number of anilines is 2. The molecule has 2 aromatic carbocycles. The minimum absolute atomic E-state index is 0.128. The van der Waals surface area contributed by atoms with Gasteiger partial charge in [0.2, 0.25) is 11.8 Å². The SMILES string of the molecule is CC(=O)Nc1cccc(NC(=O)CC2CSc3nc4c(cnn4-c4ccc(C)cc4C)c(=O)n32)c1. The monoisotopic (exact) mass is 488 g/mol. The van der Waals surface area contributed by atoms with Crippen LogP contribution in [0.4, 0.5) is 11.4 Å². The molecule has 1 aliphatic rings. The summed E-state index contributed by atoms with van der Waals surface area (Å²) in [6.45, 7) is 5.46. The minimum Gasteiger partial charge on any atom is -0.326 e. The number of fused-ring (bicyclic) bond motifs is 2. The summed E-state index contributed by atoms with van der Waals surface area (Å²) in [5, 5.41) is 11.0. The highest BCUT2D eigenvalue weighted by atomic mass is 32.2. The van der Waals surface area contributed by atoms with Crippen LogP contribution in [0.2, 0.25) is 0 Å². The number of hydrogen-bond donors (Lipinski definition) is 2. The van der Waals surface area contributed by atoms with E-state index in [2.05, 4.69) is 21.8 Å². The average molecular weight is 489 g/mol. The lowest BCUT2D eigenvalue weighted by atomic mass is 10.1. The fourth-order valence-corrected chi connectivity index (χ4v) is 5.43. The molecule has 0 radical (unpaired) electrons. The van der Waals surface area contributed by atoms with E-state index in [-0.39, 0.29) is 29.8 Å². The number of aryl methyl sites for hydroxylation is 2. The Kier molecular flexibility index (Phi) is 5.89. The summed E-state index contributed by atoms with van der Waals surface area (Å²) in [7, 11) is 0. The van der Waals surface area contributed by atoms with E-state index in [9.17, 15) is 14.4 Å². The number of rotatable bonds is 5. The van der Waals surface area contributed by atoms with Crippen molar-refractivity contribution in [2.45, 2.75) is 38.4 Å². The second-order valence-corrected chi connectivity index (χ2v) is 9.62. The standard InChI is InChI=1S/C25H24N6O3S/c1-14-7-8-21(15(2)9-14)31-23-20(12-26-31)24(34)30-19(13-35-25(30)29-23)11-22(33)28-18-6-4-5-17(10-18)27-16(3)32/h4-10,12,19H,11,13H2,1-3H3,(H,27,32)(H,28,33). The van der Waals surface area contributed by atoms with Crippen molar-refractivity contribution in [3.05, 3.63) is 70.1 Å². The van der Waals surface area contributed by atoms with Crippen LogP contribution in [0.1, 0.15) is 30.5 Å². The summed E-state index contributed by atoms with van der Waals surface area (Å²) in [6, 6.07) is 12.7. The minimum atomic E-state index is -0.317. The molecule has 1 atom stereocenters. The van der Waals surface area contributed by atoms with Crippen LogP contribution in [0.3, 0.4) is 0 Å². The Balaban J connectivity index is 1.40. The van der Waals surface area contributed by atoms with Crippen LogP contribution in [-0.4, -0.2) is 36.9 Å². The third-order valence-electron chi connectivity index (χ3n) is 5.84. The van der Waals surface area contributed by atoms with Gasteiger partial charge in [0.15, 0.2) is 10.8 Å². The molecule has 0 spiro atoms. The molecule has 178 valence electrons. The highest BCUT2D eigenvalue weighted by Gasteiger charge is 2.29. The molecule has 1 aliphatic heterocycles. The van der Waals surface area contributed by atoms with Crippen molar-refractivity contribution in [2.75, 3.05) is 16.4 Å². The van der Waals surface area contributed by atoms with Gasteiger partial charge in [-0.2, -0.15) is 5.10 Å². The van der Waals surface area contributed by atoms with Gasteiger partial charge in [0.05, 0.1) is 17.9 Å². The average Bonchev–Trinajstić information content (AvgIpc) is 3.38. The van der Waals surface area contributed by atoms with E-state index in [1.54, 1.807) is 39.7 Å². The maximum absolute atomic E-state index is 13.4. The molecule has 0 saturated carbocycles. The highest BCUT2D eigenvalue weighted by Crippen LogP contribution is 2.34. The molecule has 2 N–H and O–H groups in total.